The van der Waals surface area contributed by atoms with Gasteiger partial charge in [0.15, 0.2) is 0 Å². The van der Waals surface area contributed by atoms with Gasteiger partial charge in [0, 0.05) is 6.07 Å². The van der Waals surface area contributed by atoms with Crippen molar-refractivity contribution in [1.82, 2.24) is 0 Å². The van der Waals surface area contributed by atoms with Gasteiger partial charge in [-0.05, 0) is 30.6 Å². The second-order valence-electron chi connectivity index (χ2n) is 3.90. The van der Waals surface area contributed by atoms with Gasteiger partial charge in [0.2, 0.25) is 5.91 Å². The van der Waals surface area contributed by atoms with E-state index in [1.165, 1.54) is 7.11 Å². The summed E-state index contributed by atoms with van der Waals surface area (Å²) in [4.78, 5) is 11.9. The van der Waals surface area contributed by atoms with E-state index in [2.05, 4.69) is 5.32 Å². The second kappa shape index (κ2) is 7.67. The number of nitrogens with one attached hydrogen (secondary N) is 1. The molecule has 1 atom stereocenters. The molecule has 102 valence electrons. The fourth-order valence-electron chi connectivity index (χ4n) is 1.47. The van der Waals surface area contributed by atoms with Gasteiger partial charge < -0.3 is 15.8 Å². The first-order valence-electron chi connectivity index (χ1n) is 5.76. The van der Waals surface area contributed by atoms with Crippen LogP contribution in [0.3, 0.4) is 0 Å². The lowest BCUT2D eigenvalue weighted by Gasteiger charge is -2.14. The topological polar surface area (TPSA) is 88.1 Å². The first-order chi connectivity index (χ1) is 9.12. The van der Waals surface area contributed by atoms with Gasteiger partial charge in [-0.2, -0.15) is 17.0 Å². The number of hydrogen-bond acceptors (Lipinski definition) is 5. The molecule has 5 nitrogen and oxygen atoms in total. The van der Waals surface area contributed by atoms with Crippen molar-refractivity contribution in [2.24, 2.45) is 5.73 Å². The molecule has 3 N–H and O–H groups in total. The summed E-state index contributed by atoms with van der Waals surface area (Å²) in [5.74, 6) is 1.03. The molecular formula is C13H17N3O2S. The van der Waals surface area contributed by atoms with Crippen molar-refractivity contribution >= 4 is 23.4 Å². The first kappa shape index (κ1) is 15.3. The number of carbonyl (C=O) groups is 1. The molecule has 0 fully saturated rings. The van der Waals surface area contributed by atoms with Crippen LogP contribution in [0.25, 0.3) is 0 Å². The van der Waals surface area contributed by atoms with Gasteiger partial charge in [-0.3, -0.25) is 4.79 Å². The molecule has 0 saturated heterocycles. The summed E-state index contributed by atoms with van der Waals surface area (Å²) in [6, 6.07) is 6.29. The van der Waals surface area contributed by atoms with Crippen molar-refractivity contribution in [3.63, 3.8) is 0 Å². The summed E-state index contributed by atoms with van der Waals surface area (Å²) in [5, 5.41) is 11.5. The summed E-state index contributed by atoms with van der Waals surface area (Å²) < 4.78 is 5.14. The van der Waals surface area contributed by atoms with Crippen LogP contribution >= 0.6 is 11.8 Å². The maximum Gasteiger partial charge on any atom is 0.241 e. The Morgan fingerprint density at radius 3 is 2.95 bits per heavy atom. The summed E-state index contributed by atoms with van der Waals surface area (Å²) in [7, 11) is 1.49. The zero-order valence-corrected chi connectivity index (χ0v) is 11.8. The summed E-state index contributed by atoms with van der Waals surface area (Å²) in [6.45, 7) is 0. The fourth-order valence-corrected chi connectivity index (χ4v) is 1.96. The van der Waals surface area contributed by atoms with Crippen molar-refractivity contribution in [1.29, 1.82) is 5.26 Å². The van der Waals surface area contributed by atoms with E-state index in [1.807, 2.05) is 12.3 Å². The van der Waals surface area contributed by atoms with Crippen LogP contribution in [0.2, 0.25) is 0 Å². The Kier molecular flexibility index (Phi) is 6.19. The predicted octanol–water partition coefficient (Wildman–Crippen LogP) is 1.59. The van der Waals surface area contributed by atoms with Crippen LogP contribution in [-0.2, 0) is 4.79 Å². The first-order valence-corrected chi connectivity index (χ1v) is 7.15. The van der Waals surface area contributed by atoms with E-state index in [1.54, 1.807) is 30.0 Å². The molecule has 0 saturated carbocycles. The number of nitrogens with zero attached hydrogens (tertiary/aromatic N) is 1. The van der Waals surface area contributed by atoms with Crippen LogP contribution in [0.1, 0.15) is 12.0 Å². The van der Waals surface area contributed by atoms with Crippen molar-refractivity contribution in [3.05, 3.63) is 23.8 Å². The number of amides is 1. The van der Waals surface area contributed by atoms with Gasteiger partial charge in [-0.1, -0.05) is 0 Å². The van der Waals surface area contributed by atoms with E-state index < -0.39 is 6.04 Å². The highest BCUT2D eigenvalue weighted by atomic mass is 32.2. The zero-order chi connectivity index (χ0) is 14.3. The third-order valence-corrected chi connectivity index (χ3v) is 3.20. The maximum atomic E-state index is 11.9. The molecule has 0 spiro atoms. The molecule has 0 aliphatic heterocycles. The number of rotatable bonds is 6. The lowest BCUT2D eigenvalue weighted by molar-refractivity contribution is -0.117. The quantitative estimate of drug-likeness (QED) is 0.825. The van der Waals surface area contributed by atoms with Crippen LogP contribution in [0.15, 0.2) is 18.2 Å². The molecule has 0 heterocycles. The van der Waals surface area contributed by atoms with E-state index in [0.29, 0.717) is 23.4 Å². The van der Waals surface area contributed by atoms with Crippen LogP contribution in [-0.4, -0.2) is 31.1 Å². The Morgan fingerprint density at radius 1 is 1.63 bits per heavy atom. The number of carbonyl (C=O) groups excluding carboxylic acids is 1. The number of ether oxygens (including phenoxy) is 1. The number of nitrogens with two attached hydrogens (primary N) is 1. The molecule has 0 aromatic heterocycles. The number of benzene rings is 1. The molecule has 6 heteroatoms. The van der Waals surface area contributed by atoms with E-state index in [4.69, 9.17) is 15.7 Å². The monoisotopic (exact) mass is 279 g/mol. The Balaban J connectivity index is 2.76. The van der Waals surface area contributed by atoms with Crippen LogP contribution in [0.4, 0.5) is 5.69 Å². The molecule has 0 radical (unpaired) electrons. The summed E-state index contributed by atoms with van der Waals surface area (Å²) in [6.07, 6.45) is 2.58. The minimum Gasteiger partial charge on any atom is -0.495 e. The fraction of sp³-hybridized carbons (Fsp3) is 0.385. The largest absolute Gasteiger partial charge is 0.495 e. The molecular weight excluding hydrogens is 262 g/mol. The molecule has 0 unspecified atom stereocenters. The van der Waals surface area contributed by atoms with E-state index in [0.717, 1.165) is 5.75 Å². The third-order valence-electron chi connectivity index (χ3n) is 2.56. The third kappa shape index (κ3) is 4.47. The maximum absolute atomic E-state index is 11.9. The van der Waals surface area contributed by atoms with Crippen molar-refractivity contribution in [3.8, 4) is 11.8 Å². The number of thioether (sulfide) groups is 1. The van der Waals surface area contributed by atoms with Crippen molar-refractivity contribution < 1.29 is 9.53 Å². The normalized spacial score (nSPS) is 11.5. The molecule has 1 aromatic carbocycles. The molecule has 0 aliphatic rings. The zero-order valence-electron chi connectivity index (χ0n) is 11.0. The molecule has 0 bridgehead atoms. The average Bonchev–Trinajstić information content (AvgIpc) is 2.44. The smallest absolute Gasteiger partial charge is 0.241 e. The highest BCUT2D eigenvalue weighted by molar-refractivity contribution is 7.98. The summed E-state index contributed by atoms with van der Waals surface area (Å²) in [5.41, 5.74) is 6.77. The predicted molar refractivity (Wildman–Crippen MR) is 77.3 cm³/mol. The van der Waals surface area contributed by atoms with Gasteiger partial charge >= 0.3 is 0 Å². The van der Waals surface area contributed by atoms with Crippen molar-refractivity contribution in [2.45, 2.75) is 12.5 Å². The van der Waals surface area contributed by atoms with Gasteiger partial charge in [0.05, 0.1) is 30.5 Å². The Hall–Kier alpha value is -1.71. The number of methoxy groups -OCH3 is 1. The number of nitriles is 1. The van der Waals surface area contributed by atoms with Gasteiger partial charge in [-0.25, -0.2) is 0 Å². The molecule has 1 rings (SSSR count). The average molecular weight is 279 g/mol. The Labute approximate surface area is 117 Å². The molecule has 19 heavy (non-hydrogen) atoms. The summed E-state index contributed by atoms with van der Waals surface area (Å²) >= 11 is 1.65. The SMILES string of the molecule is COc1cc(C#N)ccc1NC(=O)[C@@H](N)CCSC. The standard InChI is InChI=1S/C13H17N3O2S/c1-18-12-7-9(8-14)3-4-11(12)16-13(17)10(15)5-6-19-2/h3-4,7,10H,5-6,15H2,1-2H3,(H,16,17)/t10-/m0/s1. The van der Waals surface area contributed by atoms with Crippen LogP contribution in [0.5, 0.6) is 5.75 Å². The van der Waals surface area contributed by atoms with Gasteiger partial charge in [-0.15, -0.1) is 0 Å². The van der Waals surface area contributed by atoms with E-state index in [-0.39, 0.29) is 5.91 Å². The number of anilines is 1. The molecule has 0 aliphatic carbocycles. The molecule has 1 amide bonds. The lowest BCUT2D eigenvalue weighted by atomic mass is 10.2. The Morgan fingerprint density at radius 2 is 2.37 bits per heavy atom. The van der Waals surface area contributed by atoms with Crippen molar-refractivity contribution in [2.75, 3.05) is 24.4 Å². The minimum absolute atomic E-state index is 0.253. The van der Waals surface area contributed by atoms with Gasteiger partial charge in [0.1, 0.15) is 5.75 Å². The Bertz CT molecular complexity index is 485. The second-order valence-corrected chi connectivity index (χ2v) is 4.89. The highest BCUT2D eigenvalue weighted by Gasteiger charge is 2.15. The van der Waals surface area contributed by atoms with E-state index >= 15 is 0 Å². The van der Waals surface area contributed by atoms with E-state index in [9.17, 15) is 4.79 Å². The molecule has 1 aromatic rings. The van der Waals surface area contributed by atoms with Crippen LogP contribution in [0, 0.1) is 11.3 Å². The highest BCUT2D eigenvalue weighted by Crippen LogP contribution is 2.25. The number of hydrogen-bond donors (Lipinski definition) is 2. The lowest BCUT2D eigenvalue weighted by Crippen LogP contribution is -2.36. The minimum atomic E-state index is -0.548. The van der Waals surface area contributed by atoms with Gasteiger partial charge in [0.25, 0.3) is 0 Å². The van der Waals surface area contributed by atoms with Crippen LogP contribution < -0.4 is 15.8 Å².